The third-order valence-corrected chi connectivity index (χ3v) is 10.3. The largest absolute Gasteiger partial charge is 0.425 e. The quantitative estimate of drug-likeness (QED) is 0.0500. The smallest absolute Gasteiger partial charge is 0.341 e. The number of hydrogen-bond acceptors (Lipinski definition) is 10. The second-order valence-corrected chi connectivity index (χ2v) is 14.0. The van der Waals surface area contributed by atoms with Gasteiger partial charge in [0.1, 0.15) is 17.8 Å². The fraction of sp³-hybridized carbons (Fsp3) is 0.333. The van der Waals surface area contributed by atoms with Crippen molar-refractivity contribution in [3.8, 4) is 22.5 Å². The molecule has 1 aliphatic carbocycles. The number of aryl methyl sites for hydroxylation is 3. The number of rotatable bonds is 13. The molecular weight excluding hydrogens is 702 g/mol. The van der Waals surface area contributed by atoms with Crippen molar-refractivity contribution < 1.29 is 33.7 Å². The van der Waals surface area contributed by atoms with Gasteiger partial charge in [0.05, 0.1) is 39.7 Å². The number of carbonyl (C=O) groups excluding carboxylic acids is 2. The second-order valence-electron chi connectivity index (χ2n) is 14.0. The first-order valence-corrected chi connectivity index (χ1v) is 18.4. The van der Waals surface area contributed by atoms with Gasteiger partial charge in [-0.2, -0.15) is 0 Å². The SMILES string of the molecule is CCCc1nc2c(C)cc(-c3nc4ccccc4n3C)cc2n1Cc1ccc(-c2ccccc2C(=O)OC(C)OC(=O)[C@@H]2C[C@H](OC)[C@@H](O[N+](=O)[O-])C2)cc1. The van der Waals surface area contributed by atoms with E-state index in [2.05, 4.69) is 58.2 Å². The van der Waals surface area contributed by atoms with E-state index in [0.29, 0.717) is 17.7 Å². The molecule has 13 nitrogen and oxygen atoms in total. The molecule has 1 unspecified atom stereocenters. The van der Waals surface area contributed by atoms with Crippen molar-refractivity contribution in [2.45, 2.75) is 71.5 Å². The molecule has 0 saturated heterocycles. The summed E-state index contributed by atoms with van der Waals surface area (Å²) in [5.41, 5.74) is 9.04. The van der Waals surface area contributed by atoms with E-state index < -0.39 is 41.4 Å². The number of methoxy groups -OCH3 is 1. The van der Waals surface area contributed by atoms with Gasteiger partial charge in [0, 0.05) is 39.6 Å². The van der Waals surface area contributed by atoms with Crippen molar-refractivity contribution >= 4 is 34.0 Å². The fourth-order valence-electron chi connectivity index (χ4n) is 7.57. The Labute approximate surface area is 317 Å². The Balaban J connectivity index is 1.08. The molecule has 0 radical (unpaired) electrons. The molecular formula is C42H43N5O8. The van der Waals surface area contributed by atoms with Crippen molar-refractivity contribution in [3.05, 3.63) is 118 Å². The van der Waals surface area contributed by atoms with Crippen LogP contribution in [-0.2, 0) is 43.9 Å². The number of fused-ring (bicyclic) bond motifs is 2. The molecule has 0 amide bonds. The Bertz CT molecular complexity index is 2380. The van der Waals surface area contributed by atoms with Crippen molar-refractivity contribution in [1.29, 1.82) is 0 Å². The highest BCUT2D eigenvalue weighted by molar-refractivity contribution is 5.97. The van der Waals surface area contributed by atoms with Crippen LogP contribution in [0.25, 0.3) is 44.6 Å². The number of esters is 2. The number of para-hydroxylation sites is 2. The summed E-state index contributed by atoms with van der Waals surface area (Å²) in [7, 11) is 3.44. The summed E-state index contributed by atoms with van der Waals surface area (Å²) in [6, 6.07) is 27.7. The molecule has 0 N–H and O–H groups in total. The van der Waals surface area contributed by atoms with E-state index >= 15 is 0 Å². The zero-order chi connectivity index (χ0) is 38.8. The van der Waals surface area contributed by atoms with Crippen molar-refractivity contribution in [2.24, 2.45) is 13.0 Å². The summed E-state index contributed by atoms with van der Waals surface area (Å²) >= 11 is 0. The fourth-order valence-corrected chi connectivity index (χ4v) is 7.57. The number of aromatic nitrogens is 4. The number of carbonyl (C=O) groups is 2. The molecule has 0 bridgehead atoms. The van der Waals surface area contributed by atoms with Gasteiger partial charge in [0.2, 0.25) is 6.29 Å². The molecule has 2 heterocycles. The predicted octanol–water partition coefficient (Wildman–Crippen LogP) is 7.61. The van der Waals surface area contributed by atoms with E-state index in [0.717, 1.165) is 68.8 Å². The molecule has 6 aromatic rings. The molecule has 4 aromatic carbocycles. The summed E-state index contributed by atoms with van der Waals surface area (Å²) in [6.07, 6.45) is -0.686. The Morgan fingerprint density at radius 1 is 0.927 bits per heavy atom. The molecule has 7 rings (SSSR count). The predicted molar refractivity (Wildman–Crippen MR) is 206 cm³/mol. The minimum absolute atomic E-state index is 0.0537. The highest BCUT2D eigenvalue weighted by Gasteiger charge is 2.42. The van der Waals surface area contributed by atoms with Crippen LogP contribution in [0.5, 0.6) is 0 Å². The monoisotopic (exact) mass is 745 g/mol. The lowest BCUT2D eigenvalue weighted by Gasteiger charge is -2.18. The molecule has 1 fully saturated rings. The third-order valence-electron chi connectivity index (χ3n) is 10.3. The highest BCUT2D eigenvalue weighted by atomic mass is 17.0. The van der Waals surface area contributed by atoms with E-state index in [9.17, 15) is 19.7 Å². The van der Waals surface area contributed by atoms with Gasteiger partial charge in [0.15, 0.2) is 0 Å². The van der Waals surface area contributed by atoms with E-state index in [1.54, 1.807) is 12.1 Å². The van der Waals surface area contributed by atoms with Crippen LogP contribution in [0.15, 0.2) is 84.9 Å². The second kappa shape index (κ2) is 15.7. The highest BCUT2D eigenvalue weighted by Crippen LogP contribution is 2.33. The van der Waals surface area contributed by atoms with E-state index in [1.165, 1.54) is 14.0 Å². The summed E-state index contributed by atoms with van der Waals surface area (Å²) in [4.78, 5) is 51.9. The Kier molecular flexibility index (Phi) is 10.6. The van der Waals surface area contributed by atoms with Gasteiger partial charge in [-0.05, 0) is 78.8 Å². The minimum Gasteiger partial charge on any atom is -0.425 e. The summed E-state index contributed by atoms with van der Waals surface area (Å²) in [5.74, 6) is -0.0855. The minimum atomic E-state index is -1.20. The zero-order valence-corrected chi connectivity index (χ0v) is 31.4. The van der Waals surface area contributed by atoms with Gasteiger partial charge in [-0.15, -0.1) is 10.1 Å². The maximum Gasteiger partial charge on any atom is 0.341 e. The first-order chi connectivity index (χ1) is 26.5. The van der Waals surface area contributed by atoms with Crippen LogP contribution in [-0.4, -0.2) is 61.7 Å². The topological polar surface area (TPSA) is 150 Å². The number of benzene rings is 4. The van der Waals surface area contributed by atoms with Crippen LogP contribution < -0.4 is 0 Å². The molecule has 13 heteroatoms. The lowest BCUT2D eigenvalue weighted by atomic mass is 9.98. The Morgan fingerprint density at radius 2 is 1.65 bits per heavy atom. The van der Waals surface area contributed by atoms with E-state index in [4.69, 9.17) is 24.2 Å². The average Bonchev–Trinajstić information content (AvgIpc) is 3.85. The average molecular weight is 746 g/mol. The van der Waals surface area contributed by atoms with E-state index in [1.807, 2.05) is 49.5 Å². The zero-order valence-electron chi connectivity index (χ0n) is 31.4. The number of hydrogen-bond donors (Lipinski definition) is 0. The van der Waals surface area contributed by atoms with Crippen molar-refractivity contribution in [1.82, 2.24) is 19.1 Å². The van der Waals surface area contributed by atoms with Crippen LogP contribution in [0.2, 0.25) is 0 Å². The van der Waals surface area contributed by atoms with Crippen molar-refractivity contribution in [2.75, 3.05) is 7.11 Å². The summed E-state index contributed by atoms with van der Waals surface area (Å²) < 4.78 is 20.7. The first-order valence-electron chi connectivity index (χ1n) is 18.4. The third kappa shape index (κ3) is 7.65. The van der Waals surface area contributed by atoms with Crippen LogP contribution >= 0.6 is 0 Å². The lowest BCUT2D eigenvalue weighted by Crippen LogP contribution is -2.27. The maximum atomic E-state index is 13.4. The number of imidazole rings is 2. The maximum absolute atomic E-state index is 13.4. The molecule has 1 aliphatic rings. The number of nitrogens with zero attached hydrogens (tertiary/aromatic N) is 5. The summed E-state index contributed by atoms with van der Waals surface area (Å²) in [6.45, 7) is 6.32. The van der Waals surface area contributed by atoms with Crippen LogP contribution in [0.3, 0.4) is 0 Å². The van der Waals surface area contributed by atoms with Gasteiger partial charge in [-0.3, -0.25) is 4.79 Å². The molecule has 1 saturated carbocycles. The summed E-state index contributed by atoms with van der Waals surface area (Å²) in [5, 5.41) is 9.96. The molecule has 0 aliphatic heterocycles. The van der Waals surface area contributed by atoms with Gasteiger partial charge >= 0.3 is 11.9 Å². The van der Waals surface area contributed by atoms with Gasteiger partial charge in [-0.1, -0.05) is 61.5 Å². The molecule has 55 heavy (non-hydrogen) atoms. The molecule has 2 aromatic heterocycles. The lowest BCUT2D eigenvalue weighted by molar-refractivity contribution is -0.770. The van der Waals surface area contributed by atoms with Crippen LogP contribution in [0, 0.1) is 23.0 Å². The number of ether oxygens (including phenoxy) is 3. The normalized spacial score (nSPS) is 17.4. The molecule has 0 spiro atoms. The van der Waals surface area contributed by atoms with Crippen LogP contribution in [0.1, 0.15) is 60.4 Å². The van der Waals surface area contributed by atoms with Gasteiger partial charge in [-0.25, -0.2) is 14.8 Å². The Hall–Kier alpha value is -6.08. The van der Waals surface area contributed by atoms with Gasteiger partial charge in [0.25, 0.3) is 5.09 Å². The molecule has 284 valence electrons. The molecule has 4 atom stereocenters. The standard InChI is InChI=1S/C42H43N5O8/c1-6-11-38-44-39-25(2)20-29(40-43-33-14-9-10-15-34(33)45(40)4)21-35(39)46(38)24-27-16-18-28(19-17-27)31-12-7-8-13-32(31)42(49)54-26(3)53-41(48)30-22-36(52-5)37(23-30)55-47(50)51/h7-10,12-21,26,30,36-37H,6,11,22-24H2,1-5H3/t26?,30-,36+,37+/m1/s1. The first kappa shape index (κ1) is 37.2. The van der Waals surface area contributed by atoms with Gasteiger partial charge < -0.3 is 28.2 Å². The van der Waals surface area contributed by atoms with Crippen LogP contribution in [0.4, 0.5) is 0 Å². The Morgan fingerprint density at radius 3 is 2.38 bits per heavy atom. The van der Waals surface area contributed by atoms with Crippen molar-refractivity contribution in [3.63, 3.8) is 0 Å². The van der Waals surface area contributed by atoms with E-state index in [-0.39, 0.29) is 12.8 Å².